The molecule has 0 unspecified atom stereocenters. The van der Waals surface area contributed by atoms with Gasteiger partial charge in [0.25, 0.3) is 0 Å². The van der Waals surface area contributed by atoms with E-state index in [4.69, 9.17) is 5.11 Å². The van der Waals surface area contributed by atoms with E-state index < -0.39 is 23.1 Å². The van der Waals surface area contributed by atoms with E-state index in [0.29, 0.717) is 19.3 Å². The number of amides is 1. The number of hydrogen-bond acceptors (Lipinski definition) is 3. The molecule has 0 radical (unpaired) electrons. The number of carboxylic acids is 1. The monoisotopic (exact) mass is 550 g/mol. The quantitative estimate of drug-likeness (QED) is 0.283. The highest BCUT2D eigenvalue weighted by atomic mass is 19.4. The fourth-order valence-electron chi connectivity index (χ4n) is 5.29. The van der Waals surface area contributed by atoms with Gasteiger partial charge in [-0.05, 0) is 77.9 Å². The molecule has 8 heteroatoms. The molecule has 0 heterocycles. The first-order chi connectivity index (χ1) is 18.9. The van der Waals surface area contributed by atoms with Crippen molar-refractivity contribution in [2.75, 3.05) is 24.3 Å². The van der Waals surface area contributed by atoms with E-state index in [-0.39, 0.29) is 17.2 Å². The fourth-order valence-corrected chi connectivity index (χ4v) is 5.29. The lowest BCUT2D eigenvalue weighted by molar-refractivity contribution is -0.137. The molecule has 2 N–H and O–H groups in total. The Morgan fingerprint density at radius 1 is 0.925 bits per heavy atom. The van der Waals surface area contributed by atoms with E-state index in [2.05, 4.69) is 29.6 Å². The lowest BCUT2D eigenvalue weighted by Crippen LogP contribution is -2.40. The molecule has 4 rings (SSSR count). The standard InChI is InChI=1S/C32H33F3N2O3/c1-37(2)28-13-11-25(12-14-28)24-9-6-22(7-10-24)21-31(16-4-3-5-17-31)30(40)36-27-19-23(8-15-29(38)39)18-26(20-27)32(33,34)35/h6-15,18-20H,3-5,16-17,21H2,1-2H3,(H,36,40)(H,38,39)/b15-8+. The number of carboxylic acid groups (broad SMARTS) is 1. The Morgan fingerprint density at radius 2 is 1.52 bits per heavy atom. The number of anilines is 2. The number of nitrogens with zero attached hydrogens (tertiary/aromatic N) is 1. The first kappa shape index (κ1) is 28.9. The number of benzene rings is 3. The van der Waals surface area contributed by atoms with Gasteiger partial charge < -0.3 is 15.3 Å². The number of hydrogen-bond donors (Lipinski definition) is 2. The minimum atomic E-state index is -4.65. The van der Waals surface area contributed by atoms with Crippen LogP contribution in [-0.4, -0.2) is 31.1 Å². The Labute approximate surface area is 232 Å². The van der Waals surface area contributed by atoms with Crippen LogP contribution < -0.4 is 10.2 Å². The van der Waals surface area contributed by atoms with Crippen LogP contribution in [-0.2, 0) is 22.2 Å². The van der Waals surface area contributed by atoms with Crippen molar-refractivity contribution in [3.05, 3.63) is 89.5 Å². The van der Waals surface area contributed by atoms with Gasteiger partial charge in [-0.15, -0.1) is 0 Å². The molecular formula is C32H33F3N2O3. The summed E-state index contributed by atoms with van der Waals surface area (Å²) >= 11 is 0. The van der Waals surface area contributed by atoms with E-state index >= 15 is 0 Å². The summed E-state index contributed by atoms with van der Waals surface area (Å²) in [6, 6.07) is 19.4. The SMILES string of the molecule is CN(C)c1ccc(-c2ccc(CC3(C(=O)Nc4cc(/C=C/C(=O)O)cc(C(F)(F)F)c4)CCCCC3)cc2)cc1. The minimum absolute atomic E-state index is 0.00803. The number of nitrogens with one attached hydrogen (secondary N) is 1. The smallest absolute Gasteiger partial charge is 0.416 e. The van der Waals surface area contributed by atoms with Gasteiger partial charge in [0, 0.05) is 31.5 Å². The predicted octanol–water partition coefficient (Wildman–Crippen LogP) is 7.67. The first-order valence-corrected chi connectivity index (χ1v) is 13.3. The Bertz CT molecular complexity index is 1370. The van der Waals surface area contributed by atoms with Gasteiger partial charge in [-0.25, -0.2) is 4.79 Å². The van der Waals surface area contributed by atoms with Gasteiger partial charge in [0.15, 0.2) is 0 Å². The average Bonchev–Trinajstić information content (AvgIpc) is 2.92. The van der Waals surface area contributed by atoms with Crippen molar-refractivity contribution in [1.82, 2.24) is 0 Å². The molecule has 40 heavy (non-hydrogen) atoms. The maximum absolute atomic E-state index is 13.7. The van der Waals surface area contributed by atoms with Crippen molar-refractivity contribution in [3.8, 4) is 11.1 Å². The second-order valence-corrected chi connectivity index (χ2v) is 10.6. The summed E-state index contributed by atoms with van der Waals surface area (Å²) in [4.78, 5) is 26.6. The molecule has 0 bridgehead atoms. The molecule has 0 spiro atoms. The van der Waals surface area contributed by atoms with Gasteiger partial charge in [0.05, 0.1) is 11.0 Å². The number of aliphatic carboxylic acids is 1. The van der Waals surface area contributed by atoms with Crippen LogP contribution in [0.15, 0.2) is 72.8 Å². The van der Waals surface area contributed by atoms with Gasteiger partial charge in [-0.1, -0.05) is 55.7 Å². The third kappa shape index (κ3) is 7.11. The van der Waals surface area contributed by atoms with Crippen molar-refractivity contribution in [1.29, 1.82) is 0 Å². The van der Waals surface area contributed by atoms with Crippen LogP contribution in [0.4, 0.5) is 24.5 Å². The van der Waals surface area contributed by atoms with E-state index in [0.717, 1.165) is 65.9 Å². The van der Waals surface area contributed by atoms with Gasteiger partial charge in [-0.3, -0.25) is 4.79 Å². The molecule has 1 fully saturated rings. The molecule has 0 saturated heterocycles. The maximum atomic E-state index is 13.7. The van der Waals surface area contributed by atoms with Crippen molar-refractivity contribution in [3.63, 3.8) is 0 Å². The lowest BCUT2D eigenvalue weighted by Gasteiger charge is -2.36. The summed E-state index contributed by atoms with van der Waals surface area (Å²) in [5.74, 6) is -1.59. The molecule has 210 valence electrons. The second-order valence-electron chi connectivity index (χ2n) is 10.6. The van der Waals surface area contributed by atoms with Crippen LogP contribution in [0.3, 0.4) is 0 Å². The van der Waals surface area contributed by atoms with Crippen molar-refractivity contribution in [2.45, 2.75) is 44.7 Å². The molecule has 1 amide bonds. The second kappa shape index (κ2) is 12.0. The molecule has 3 aromatic carbocycles. The zero-order valence-corrected chi connectivity index (χ0v) is 22.6. The third-order valence-electron chi connectivity index (χ3n) is 7.46. The van der Waals surface area contributed by atoms with Crippen molar-refractivity contribution < 1.29 is 27.9 Å². The van der Waals surface area contributed by atoms with Gasteiger partial charge >= 0.3 is 12.1 Å². The normalized spacial score (nSPS) is 15.1. The highest BCUT2D eigenvalue weighted by Crippen LogP contribution is 2.41. The topological polar surface area (TPSA) is 69.6 Å². The average molecular weight is 551 g/mol. The van der Waals surface area contributed by atoms with Gasteiger partial charge in [0.1, 0.15) is 0 Å². The van der Waals surface area contributed by atoms with Crippen LogP contribution in [0.2, 0.25) is 0 Å². The summed E-state index contributed by atoms with van der Waals surface area (Å²) < 4.78 is 40.7. The highest BCUT2D eigenvalue weighted by molar-refractivity contribution is 5.96. The Kier molecular flexibility index (Phi) is 8.67. The number of alkyl halides is 3. The lowest BCUT2D eigenvalue weighted by atomic mass is 9.69. The zero-order chi connectivity index (χ0) is 28.9. The Morgan fingerprint density at radius 3 is 2.08 bits per heavy atom. The molecule has 0 aromatic heterocycles. The molecule has 0 atom stereocenters. The Hall–Kier alpha value is -4.07. The van der Waals surface area contributed by atoms with E-state index in [1.54, 1.807) is 0 Å². The molecule has 5 nitrogen and oxygen atoms in total. The largest absolute Gasteiger partial charge is 0.478 e. The number of rotatable bonds is 8. The molecule has 0 aliphatic heterocycles. The minimum Gasteiger partial charge on any atom is -0.478 e. The number of carbonyl (C=O) groups excluding carboxylic acids is 1. The summed E-state index contributed by atoms with van der Waals surface area (Å²) in [5.41, 5.74) is 2.56. The van der Waals surface area contributed by atoms with Crippen molar-refractivity contribution in [2.24, 2.45) is 5.41 Å². The zero-order valence-electron chi connectivity index (χ0n) is 22.6. The predicted molar refractivity (Wildman–Crippen MR) is 152 cm³/mol. The van der Waals surface area contributed by atoms with Crippen LogP contribution in [0, 0.1) is 5.41 Å². The highest BCUT2D eigenvalue weighted by Gasteiger charge is 2.40. The van der Waals surface area contributed by atoms with Crippen LogP contribution >= 0.6 is 0 Å². The van der Waals surface area contributed by atoms with Gasteiger partial charge in [-0.2, -0.15) is 13.2 Å². The molecule has 1 aliphatic carbocycles. The summed E-state index contributed by atoms with van der Waals surface area (Å²) in [6.07, 6.45) is 1.67. The fraction of sp³-hybridized carbons (Fsp3) is 0.312. The van der Waals surface area contributed by atoms with Crippen LogP contribution in [0.25, 0.3) is 17.2 Å². The molecule has 1 aliphatic rings. The van der Waals surface area contributed by atoms with Crippen LogP contribution in [0.5, 0.6) is 0 Å². The van der Waals surface area contributed by atoms with E-state index in [9.17, 15) is 22.8 Å². The van der Waals surface area contributed by atoms with E-state index in [1.165, 1.54) is 6.07 Å². The molecule has 1 saturated carbocycles. The third-order valence-corrected chi connectivity index (χ3v) is 7.46. The summed E-state index contributed by atoms with van der Waals surface area (Å²) in [6.45, 7) is 0. The summed E-state index contributed by atoms with van der Waals surface area (Å²) in [7, 11) is 3.98. The maximum Gasteiger partial charge on any atom is 0.416 e. The first-order valence-electron chi connectivity index (χ1n) is 13.3. The molecule has 3 aromatic rings. The van der Waals surface area contributed by atoms with E-state index in [1.807, 2.05) is 43.3 Å². The van der Waals surface area contributed by atoms with Crippen molar-refractivity contribution >= 4 is 29.3 Å². The number of halogens is 3. The Balaban J connectivity index is 1.57. The van der Waals surface area contributed by atoms with Gasteiger partial charge in [0.2, 0.25) is 5.91 Å². The summed E-state index contributed by atoms with van der Waals surface area (Å²) in [5, 5.41) is 11.6. The number of carbonyl (C=O) groups is 2. The van der Waals surface area contributed by atoms with Crippen LogP contribution in [0.1, 0.15) is 48.8 Å². The molecular weight excluding hydrogens is 517 g/mol.